The molecule has 0 saturated carbocycles. The highest BCUT2D eigenvalue weighted by Crippen LogP contribution is 2.27. The van der Waals surface area contributed by atoms with Crippen molar-refractivity contribution in [1.29, 1.82) is 0 Å². The highest BCUT2D eigenvalue weighted by atomic mass is 32.2. The van der Waals surface area contributed by atoms with Crippen LogP contribution in [0.25, 0.3) is 0 Å². The topological polar surface area (TPSA) is 82.8 Å². The van der Waals surface area contributed by atoms with Gasteiger partial charge >= 0.3 is 0 Å². The fraction of sp³-hybridized carbons (Fsp3) is 0.565. The minimum Gasteiger partial charge on any atom is -0.455 e. The molecule has 2 aromatic heterocycles. The first-order chi connectivity index (χ1) is 15.4. The Morgan fingerprint density at radius 1 is 1.03 bits per heavy atom. The van der Waals surface area contributed by atoms with E-state index in [0.29, 0.717) is 29.8 Å². The summed E-state index contributed by atoms with van der Waals surface area (Å²) in [6, 6.07) is 5.68. The van der Waals surface area contributed by atoms with Crippen molar-refractivity contribution in [2.45, 2.75) is 50.4 Å². The first-order valence-electron chi connectivity index (χ1n) is 11.3. The van der Waals surface area contributed by atoms with Gasteiger partial charge in [0.15, 0.2) is 10.9 Å². The third-order valence-corrected chi connectivity index (χ3v) is 6.83. The van der Waals surface area contributed by atoms with Gasteiger partial charge in [0, 0.05) is 58.0 Å². The Hall–Kier alpha value is -2.55. The van der Waals surface area contributed by atoms with Crippen LogP contribution in [0.2, 0.25) is 0 Å². The molecule has 172 valence electrons. The van der Waals surface area contributed by atoms with Crippen molar-refractivity contribution in [3.8, 4) is 0 Å². The summed E-state index contributed by atoms with van der Waals surface area (Å²) in [4.78, 5) is 39.6. The Balaban J connectivity index is 1.43. The van der Waals surface area contributed by atoms with Crippen molar-refractivity contribution in [3.63, 3.8) is 0 Å². The fourth-order valence-corrected chi connectivity index (χ4v) is 4.74. The molecule has 0 bridgehead atoms. The Morgan fingerprint density at radius 2 is 1.75 bits per heavy atom. The van der Waals surface area contributed by atoms with E-state index in [2.05, 4.69) is 24.8 Å². The molecule has 2 aliphatic heterocycles. The van der Waals surface area contributed by atoms with Crippen LogP contribution < -0.4 is 4.90 Å². The lowest BCUT2D eigenvalue weighted by molar-refractivity contribution is -0.129. The zero-order valence-electron chi connectivity index (χ0n) is 19.0. The zero-order chi connectivity index (χ0) is 22.7. The van der Waals surface area contributed by atoms with E-state index in [0.717, 1.165) is 56.3 Å². The SMILES string of the molecule is CC(=O)N1CCN(c2cc(C(C)C)nc(SCc3ccc(C(=O)N4CCCC4)o3)n2)CC1. The molecule has 0 spiro atoms. The predicted octanol–water partition coefficient (Wildman–Crippen LogP) is 3.39. The number of nitrogens with zero attached hydrogens (tertiary/aromatic N) is 5. The molecule has 9 heteroatoms. The summed E-state index contributed by atoms with van der Waals surface area (Å²) in [6.07, 6.45) is 2.12. The second-order valence-corrected chi connectivity index (χ2v) is 9.58. The molecule has 0 atom stereocenters. The molecular weight excluding hydrogens is 426 g/mol. The van der Waals surface area contributed by atoms with Gasteiger partial charge in [0.25, 0.3) is 5.91 Å². The number of piperazine rings is 1. The average Bonchev–Trinajstić information content (AvgIpc) is 3.49. The number of amides is 2. The van der Waals surface area contributed by atoms with Gasteiger partial charge in [-0.05, 0) is 30.9 Å². The quantitative estimate of drug-likeness (QED) is 0.486. The molecule has 2 fully saturated rings. The molecule has 4 rings (SSSR count). The molecule has 0 unspecified atom stereocenters. The summed E-state index contributed by atoms with van der Waals surface area (Å²) in [7, 11) is 0. The Labute approximate surface area is 193 Å². The van der Waals surface area contributed by atoms with Gasteiger partial charge in [-0.3, -0.25) is 9.59 Å². The standard InChI is InChI=1S/C23H31N5O3S/c1-16(2)19-14-21(27-12-10-26(11-13-27)17(3)29)25-23(24-19)32-15-18-6-7-20(31-18)22(30)28-8-4-5-9-28/h6-7,14,16H,4-5,8-13,15H2,1-3H3. The summed E-state index contributed by atoms with van der Waals surface area (Å²) in [6.45, 7) is 10.4. The van der Waals surface area contributed by atoms with E-state index in [4.69, 9.17) is 14.4 Å². The number of rotatable bonds is 6. The van der Waals surface area contributed by atoms with Crippen LogP contribution in [0.4, 0.5) is 5.82 Å². The third-order valence-electron chi connectivity index (χ3n) is 5.96. The number of hydrogen-bond acceptors (Lipinski definition) is 7. The molecule has 2 amide bonds. The van der Waals surface area contributed by atoms with Crippen LogP contribution in [0.3, 0.4) is 0 Å². The number of likely N-dealkylation sites (tertiary alicyclic amines) is 1. The smallest absolute Gasteiger partial charge is 0.289 e. The molecule has 2 saturated heterocycles. The molecule has 32 heavy (non-hydrogen) atoms. The fourth-order valence-electron chi connectivity index (χ4n) is 3.99. The summed E-state index contributed by atoms with van der Waals surface area (Å²) in [5, 5.41) is 0.698. The highest BCUT2D eigenvalue weighted by Gasteiger charge is 2.23. The van der Waals surface area contributed by atoms with E-state index >= 15 is 0 Å². The van der Waals surface area contributed by atoms with Gasteiger partial charge in [0.2, 0.25) is 5.91 Å². The number of anilines is 1. The molecule has 2 aromatic rings. The zero-order valence-corrected chi connectivity index (χ0v) is 19.9. The van der Waals surface area contributed by atoms with Crippen LogP contribution in [-0.2, 0) is 10.5 Å². The van der Waals surface area contributed by atoms with Gasteiger partial charge in [-0.1, -0.05) is 25.6 Å². The van der Waals surface area contributed by atoms with Crippen molar-refractivity contribution in [3.05, 3.63) is 35.4 Å². The van der Waals surface area contributed by atoms with E-state index < -0.39 is 0 Å². The highest BCUT2D eigenvalue weighted by molar-refractivity contribution is 7.98. The minimum atomic E-state index is -0.0243. The van der Waals surface area contributed by atoms with Crippen LogP contribution in [0, 0.1) is 0 Å². The summed E-state index contributed by atoms with van der Waals surface area (Å²) < 4.78 is 5.82. The van der Waals surface area contributed by atoms with E-state index in [9.17, 15) is 9.59 Å². The number of hydrogen-bond donors (Lipinski definition) is 0. The van der Waals surface area contributed by atoms with Crippen LogP contribution in [0.5, 0.6) is 0 Å². The maximum absolute atomic E-state index is 12.5. The Kier molecular flexibility index (Phi) is 7.03. The van der Waals surface area contributed by atoms with Crippen LogP contribution in [-0.4, -0.2) is 70.9 Å². The number of carbonyl (C=O) groups excluding carboxylic acids is 2. The second kappa shape index (κ2) is 9.94. The van der Waals surface area contributed by atoms with E-state index in [1.165, 1.54) is 11.8 Å². The minimum absolute atomic E-state index is 0.0243. The first kappa shape index (κ1) is 22.6. The number of aromatic nitrogens is 2. The summed E-state index contributed by atoms with van der Waals surface area (Å²) in [5.74, 6) is 2.99. The van der Waals surface area contributed by atoms with Crippen LogP contribution in [0.15, 0.2) is 27.8 Å². The van der Waals surface area contributed by atoms with Gasteiger partial charge in [-0.25, -0.2) is 9.97 Å². The number of furan rings is 1. The molecule has 2 aliphatic rings. The first-order valence-corrected chi connectivity index (χ1v) is 12.3. The van der Waals surface area contributed by atoms with Gasteiger partial charge in [0.05, 0.1) is 5.75 Å². The predicted molar refractivity (Wildman–Crippen MR) is 124 cm³/mol. The molecule has 8 nitrogen and oxygen atoms in total. The normalized spacial score (nSPS) is 16.8. The average molecular weight is 458 g/mol. The third kappa shape index (κ3) is 5.26. The van der Waals surface area contributed by atoms with E-state index in [1.807, 2.05) is 15.9 Å². The molecule has 0 N–H and O–H groups in total. The lowest BCUT2D eigenvalue weighted by Crippen LogP contribution is -2.48. The van der Waals surface area contributed by atoms with Gasteiger partial charge in [0.1, 0.15) is 11.6 Å². The number of thioether (sulfide) groups is 1. The van der Waals surface area contributed by atoms with Crippen molar-refractivity contribution < 1.29 is 14.0 Å². The van der Waals surface area contributed by atoms with Crippen molar-refractivity contribution in [1.82, 2.24) is 19.8 Å². The van der Waals surface area contributed by atoms with Crippen molar-refractivity contribution in [2.75, 3.05) is 44.2 Å². The van der Waals surface area contributed by atoms with E-state index in [-0.39, 0.29) is 17.7 Å². The number of carbonyl (C=O) groups is 2. The molecular formula is C23H31N5O3S. The maximum atomic E-state index is 12.5. The molecule has 0 aliphatic carbocycles. The monoisotopic (exact) mass is 457 g/mol. The van der Waals surface area contributed by atoms with Gasteiger partial charge < -0.3 is 19.1 Å². The summed E-state index contributed by atoms with van der Waals surface area (Å²) in [5.41, 5.74) is 0.996. The Morgan fingerprint density at radius 3 is 2.41 bits per heavy atom. The Bertz CT molecular complexity index is 962. The lowest BCUT2D eigenvalue weighted by atomic mass is 10.1. The van der Waals surface area contributed by atoms with Gasteiger partial charge in [-0.2, -0.15) is 0 Å². The second-order valence-electron chi connectivity index (χ2n) is 8.64. The van der Waals surface area contributed by atoms with E-state index in [1.54, 1.807) is 13.0 Å². The van der Waals surface area contributed by atoms with Crippen LogP contribution in [0.1, 0.15) is 61.5 Å². The molecule has 0 radical (unpaired) electrons. The van der Waals surface area contributed by atoms with Gasteiger partial charge in [-0.15, -0.1) is 0 Å². The molecule has 0 aromatic carbocycles. The van der Waals surface area contributed by atoms with Crippen molar-refractivity contribution >= 4 is 29.4 Å². The largest absolute Gasteiger partial charge is 0.455 e. The lowest BCUT2D eigenvalue weighted by Gasteiger charge is -2.35. The van der Waals surface area contributed by atoms with Crippen molar-refractivity contribution in [2.24, 2.45) is 0 Å². The van der Waals surface area contributed by atoms with Crippen LogP contribution >= 0.6 is 11.8 Å². The molecule has 4 heterocycles. The maximum Gasteiger partial charge on any atom is 0.289 e. The summed E-state index contributed by atoms with van der Waals surface area (Å²) >= 11 is 1.51.